The number of rotatable bonds is 3. The van der Waals surface area contributed by atoms with Crippen LogP contribution in [0.1, 0.15) is 24.6 Å². The van der Waals surface area contributed by atoms with E-state index in [0.29, 0.717) is 6.42 Å². The van der Waals surface area contributed by atoms with Crippen molar-refractivity contribution in [2.45, 2.75) is 25.8 Å². The van der Waals surface area contributed by atoms with Crippen molar-refractivity contribution >= 4 is 11.4 Å². The van der Waals surface area contributed by atoms with Gasteiger partial charge in [0.25, 0.3) is 0 Å². The van der Waals surface area contributed by atoms with Gasteiger partial charge in [-0.2, -0.15) is 0 Å². The molecule has 2 N–H and O–H groups in total. The average Bonchev–Trinajstić information content (AvgIpc) is 2.62. The van der Waals surface area contributed by atoms with Crippen LogP contribution in [0, 0.1) is 0 Å². The van der Waals surface area contributed by atoms with E-state index in [1.165, 1.54) is 6.92 Å². The summed E-state index contributed by atoms with van der Waals surface area (Å²) in [5.41, 5.74) is 9.13. The molecule has 78 valence electrons. The number of allylic oxidation sites excluding steroid dienone is 1. The van der Waals surface area contributed by atoms with Gasteiger partial charge in [-0.3, -0.25) is 9.78 Å². The van der Waals surface area contributed by atoms with Gasteiger partial charge in [-0.25, -0.2) is 0 Å². The van der Waals surface area contributed by atoms with Crippen LogP contribution in [0.15, 0.2) is 24.4 Å². The third kappa shape index (κ3) is 1.97. The van der Waals surface area contributed by atoms with E-state index in [1.807, 2.05) is 12.1 Å². The van der Waals surface area contributed by atoms with Crippen molar-refractivity contribution in [3.8, 4) is 0 Å². The second kappa shape index (κ2) is 3.95. The normalized spacial score (nSPS) is 15.7. The van der Waals surface area contributed by atoms with E-state index in [4.69, 9.17) is 5.73 Å². The van der Waals surface area contributed by atoms with Crippen LogP contribution in [0.5, 0.6) is 0 Å². The summed E-state index contributed by atoms with van der Waals surface area (Å²) in [5.74, 6) is 0.0354. The van der Waals surface area contributed by atoms with Gasteiger partial charge in [0.05, 0.1) is 11.7 Å². The fraction of sp³-hybridized carbons (Fsp3) is 0.333. The van der Waals surface area contributed by atoms with E-state index in [1.54, 1.807) is 6.20 Å². The average molecular weight is 202 g/mol. The number of pyridine rings is 1. The Kier molecular flexibility index (Phi) is 2.64. The number of hydrogen-bond donors (Lipinski definition) is 1. The molecule has 0 bridgehead atoms. The van der Waals surface area contributed by atoms with E-state index >= 15 is 0 Å². The Hall–Kier alpha value is -1.48. The van der Waals surface area contributed by atoms with Crippen LogP contribution in [0.3, 0.4) is 0 Å². The molecule has 0 unspecified atom stereocenters. The first-order valence-corrected chi connectivity index (χ1v) is 5.08. The van der Waals surface area contributed by atoms with Gasteiger partial charge < -0.3 is 5.73 Å². The Morgan fingerprint density at radius 3 is 3.20 bits per heavy atom. The number of hydrogen-bond acceptors (Lipinski definition) is 3. The molecule has 0 saturated heterocycles. The van der Waals surface area contributed by atoms with Crippen LogP contribution in [-0.4, -0.2) is 16.8 Å². The minimum atomic E-state index is -0.387. The maximum absolute atomic E-state index is 11.1. The van der Waals surface area contributed by atoms with Gasteiger partial charge in [0.15, 0.2) is 0 Å². The number of nitrogens with zero attached hydrogens (tertiary/aromatic N) is 1. The van der Waals surface area contributed by atoms with Crippen LogP contribution in [0.2, 0.25) is 0 Å². The van der Waals surface area contributed by atoms with Crippen molar-refractivity contribution in [1.29, 1.82) is 0 Å². The number of nitrogens with two attached hydrogens (primary N) is 1. The standard InChI is InChI=1S/C12H14N2O/c1-8(15)11(13)7-9-4-5-12-10(9)3-2-6-14-12/h2-4,6,11H,5,7,13H2,1H3/t11-/m0/s1. The Morgan fingerprint density at radius 1 is 1.67 bits per heavy atom. The molecule has 1 aliphatic carbocycles. The molecule has 0 amide bonds. The Bertz CT molecular complexity index is 423. The lowest BCUT2D eigenvalue weighted by Gasteiger charge is -2.09. The summed E-state index contributed by atoms with van der Waals surface area (Å²) in [6.07, 6.45) is 5.38. The van der Waals surface area contributed by atoms with Crippen molar-refractivity contribution in [2.24, 2.45) is 5.73 Å². The molecule has 1 heterocycles. The van der Waals surface area contributed by atoms with Gasteiger partial charge in [0.1, 0.15) is 5.78 Å². The van der Waals surface area contributed by atoms with Crippen molar-refractivity contribution < 1.29 is 4.79 Å². The third-order valence-corrected chi connectivity index (χ3v) is 2.74. The Labute approximate surface area is 89.0 Å². The molecule has 1 aromatic heterocycles. The topological polar surface area (TPSA) is 56.0 Å². The fourth-order valence-corrected chi connectivity index (χ4v) is 1.80. The lowest BCUT2D eigenvalue weighted by molar-refractivity contribution is -0.118. The smallest absolute Gasteiger partial charge is 0.146 e. The first kappa shape index (κ1) is 10.1. The molecule has 2 rings (SSSR count). The molecule has 1 atom stereocenters. The molecular weight excluding hydrogens is 188 g/mol. The van der Waals surface area contributed by atoms with Gasteiger partial charge in [0.2, 0.25) is 0 Å². The molecule has 0 radical (unpaired) electrons. The van der Waals surface area contributed by atoms with Crippen LogP contribution < -0.4 is 5.73 Å². The second-order valence-corrected chi connectivity index (χ2v) is 3.85. The van der Waals surface area contributed by atoms with Gasteiger partial charge in [-0.05, 0) is 30.5 Å². The summed E-state index contributed by atoms with van der Waals surface area (Å²) < 4.78 is 0. The molecule has 0 aliphatic heterocycles. The van der Waals surface area contributed by atoms with E-state index < -0.39 is 0 Å². The summed E-state index contributed by atoms with van der Waals surface area (Å²) in [6.45, 7) is 1.53. The molecule has 3 heteroatoms. The predicted octanol–water partition coefficient (Wildman–Crippen LogP) is 1.33. The number of carbonyl (C=O) groups is 1. The van der Waals surface area contributed by atoms with E-state index in [2.05, 4.69) is 11.1 Å². The highest BCUT2D eigenvalue weighted by Crippen LogP contribution is 2.28. The van der Waals surface area contributed by atoms with Gasteiger partial charge in [-0.1, -0.05) is 12.1 Å². The minimum absolute atomic E-state index is 0.0354. The molecule has 1 aliphatic rings. The summed E-state index contributed by atoms with van der Waals surface area (Å²) in [4.78, 5) is 15.4. The summed E-state index contributed by atoms with van der Waals surface area (Å²) in [7, 11) is 0. The Morgan fingerprint density at radius 2 is 2.47 bits per heavy atom. The number of ketones is 1. The fourth-order valence-electron chi connectivity index (χ4n) is 1.80. The SMILES string of the molecule is CC(=O)[C@@H](N)CC1=CCc2ncccc21. The van der Waals surface area contributed by atoms with Gasteiger partial charge in [-0.15, -0.1) is 0 Å². The maximum atomic E-state index is 11.1. The van der Waals surface area contributed by atoms with Crippen LogP contribution in [0.4, 0.5) is 0 Å². The molecule has 0 fully saturated rings. The highest BCUT2D eigenvalue weighted by atomic mass is 16.1. The summed E-state index contributed by atoms with van der Waals surface area (Å²) in [6, 6.07) is 3.56. The first-order valence-electron chi connectivity index (χ1n) is 5.08. The zero-order chi connectivity index (χ0) is 10.8. The second-order valence-electron chi connectivity index (χ2n) is 3.85. The first-order chi connectivity index (χ1) is 7.18. The van der Waals surface area contributed by atoms with E-state index in [0.717, 1.165) is 23.3 Å². The molecule has 0 aromatic carbocycles. The van der Waals surface area contributed by atoms with Crippen LogP contribution in [-0.2, 0) is 11.2 Å². The lowest BCUT2D eigenvalue weighted by atomic mass is 10.0. The monoisotopic (exact) mass is 202 g/mol. The maximum Gasteiger partial charge on any atom is 0.146 e. The molecule has 0 spiro atoms. The zero-order valence-corrected chi connectivity index (χ0v) is 8.73. The third-order valence-electron chi connectivity index (χ3n) is 2.74. The zero-order valence-electron chi connectivity index (χ0n) is 8.73. The highest BCUT2D eigenvalue weighted by molar-refractivity contribution is 5.84. The predicted molar refractivity (Wildman–Crippen MR) is 59.2 cm³/mol. The van der Waals surface area contributed by atoms with Crippen molar-refractivity contribution in [3.63, 3.8) is 0 Å². The number of fused-ring (bicyclic) bond motifs is 1. The number of aromatic nitrogens is 1. The van der Waals surface area contributed by atoms with Gasteiger partial charge in [0, 0.05) is 12.6 Å². The Balaban J connectivity index is 2.17. The largest absolute Gasteiger partial charge is 0.321 e. The van der Waals surface area contributed by atoms with E-state index in [-0.39, 0.29) is 11.8 Å². The van der Waals surface area contributed by atoms with Crippen LogP contribution >= 0.6 is 0 Å². The van der Waals surface area contributed by atoms with E-state index in [9.17, 15) is 4.79 Å². The van der Waals surface area contributed by atoms with Crippen LogP contribution in [0.25, 0.3) is 5.57 Å². The minimum Gasteiger partial charge on any atom is -0.321 e. The van der Waals surface area contributed by atoms with Crippen molar-refractivity contribution in [1.82, 2.24) is 4.98 Å². The lowest BCUT2D eigenvalue weighted by Crippen LogP contribution is -2.28. The van der Waals surface area contributed by atoms with Crippen molar-refractivity contribution in [2.75, 3.05) is 0 Å². The molecule has 0 saturated carbocycles. The van der Waals surface area contributed by atoms with Crippen molar-refractivity contribution in [3.05, 3.63) is 35.7 Å². The summed E-state index contributed by atoms with van der Waals surface area (Å²) in [5, 5.41) is 0. The molecular formula is C12H14N2O. The molecule has 1 aromatic rings. The molecule has 15 heavy (non-hydrogen) atoms. The summed E-state index contributed by atoms with van der Waals surface area (Å²) >= 11 is 0. The molecule has 3 nitrogen and oxygen atoms in total. The quantitative estimate of drug-likeness (QED) is 0.804. The number of carbonyl (C=O) groups excluding carboxylic acids is 1. The van der Waals surface area contributed by atoms with Gasteiger partial charge >= 0.3 is 0 Å². The number of Topliss-reactive ketones (excluding diaryl/α,β-unsaturated/α-hetero) is 1. The highest BCUT2D eigenvalue weighted by Gasteiger charge is 2.18.